The summed E-state index contributed by atoms with van der Waals surface area (Å²) in [6, 6.07) is 9.57. The molecule has 1 aromatic carbocycles. The molecule has 1 aromatic rings. The molecule has 0 saturated heterocycles. The molecule has 2 rings (SSSR count). The lowest BCUT2D eigenvalue weighted by atomic mass is 10.0. The fraction of sp³-hybridized carbons (Fsp3) is 0.625. The molecule has 1 aliphatic rings. The summed E-state index contributed by atoms with van der Waals surface area (Å²) >= 11 is 0. The molecule has 0 aromatic heterocycles. The minimum Gasteiger partial charge on any atom is -0.369 e. The number of nitrogens with zero attached hydrogens (tertiary/aromatic N) is 1. The molecule has 18 heavy (non-hydrogen) atoms. The third-order valence-corrected chi connectivity index (χ3v) is 3.87. The predicted octanol–water partition coefficient (Wildman–Crippen LogP) is 3.72. The topological polar surface area (TPSA) is 29.3 Å². The van der Waals surface area contributed by atoms with E-state index in [4.69, 9.17) is 5.73 Å². The lowest BCUT2D eigenvalue weighted by Gasteiger charge is -2.29. The van der Waals surface area contributed by atoms with Gasteiger partial charge in [0.15, 0.2) is 0 Å². The summed E-state index contributed by atoms with van der Waals surface area (Å²) in [5.74, 6) is 0.921. The minimum absolute atomic E-state index is 0.176. The van der Waals surface area contributed by atoms with Crippen molar-refractivity contribution < 1.29 is 0 Å². The summed E-state index contributed by atoms with van der Waals surface area (Å²) < 4.78 is 0. The quantitative estimate of drug-likeness (QED) is 0.829. The van der Waals surface area contributed by atoms with Gasteiger partial charge in [0.25, 0.3) is 0 Å². The maximum Gasteiger partial charge on any atom is 0.0368 e. The standard InChI is InChI=1S/C16H26N2/c1-4-16(17)14-7-9-15(10-8-14)18(12(2)3)11-13-5-6-13/h7-10,12-13,16H,4-6,11,17H2,1-3H3. The van der Waals surface area contributed by atoms with Crippen molar-refractivity contribution in [3.63, 3.8) is 0 Å². The molecular weight excluding hydrogens is 220 g/mol. The van der Waals surface area contributed by atoms with Crippen LogP contribution in [0.2, 0.25) is 0 Å². The SMILES string of the molecule is CCC(N)c1ccc(N(CC2CC2)C(C)C)cc1. The molecule has 0 radical (unpaired) electrons. The number of nitrogens with two attached hydrogens (primary N) is 1. The fourth-order valence-electron chi connectivity index (χ4n) is 2.34. The van der Waals surface area contributed by atoms with Crippen molar-refractivity contribution in [1.29, 1.82) is 0 Å². The van der Waals surface area contributed by atoms with E-state index in [1.54, 1.807) is 0 Å². The summed E-state index contributed by atoms with van der Waals surface area (Å²) in [6.45, 7) is 7.88. The lowest BCUT2D eigenvalue weighted by Crippen LogP contribution is -2.32. The van der Waals surface area contributed by atoms with Gasteiger partial charge >= 0.3 is 0 Å². The Morgan fingerprint density at radius 2 is 1.83 bits per heavy atom. The summed E-state index contributed by atoms with van der Waals surface area (Å²) in [6.07, 6.45) is 3.80. The van der Waals surface area contributed by atoms with Crippen molar-refractivity contribution in [3.8, 4) is 0 Å². The normalized spacial score (nSPS) is 16.9. The Morgan fingerprint density at radius 3 is 2.28 bits per heavy atom. The van der Waals surface area contributed by atoms with Crippen LogP contribution in [0.3, 0.4) is 0 Å². The van der Waals surface area contributed by atoms with Crippen LogP contribution in [0.1, 0.15) is 51.6 Å². The van der Waals surface area contributed by atoms with Crippen molar-refractivity contribution in [2.75, 3.05) is 11.4 Å². The van der Waals surface area contributed by atoms with Gasteiger partial charge in [-0.2, -0.15) is 0 Å². The zero-order chi connectivity index (χ0) is 13.1. The second kappa shape index (κ2) is 5.75. The highest BCUT2D eigenvalue weighted by Gasteiger charge is 2.25. The van der Waals surface area contributed by atoms with Crippen LogP contribution in [0.25, 0.3) is 0 Å². The molecule has 1 atom stereocenters. The average molecular weight is 246 g/mol. The van der Waals surface area contributed by atoms with E-state index in [9.17, 15) is 0 Å². The van der Waals surface area contributed by atoms with Crippen LogP contribution in [-0.4, -0.2) is 12.6 Å². The van der Waals surface area contributed by atoms with Crippen LogP contribution in [0.4, 0.5) is 5.69 Å². The monoisotopic (exact) mass is 246 g/mol. The van der Waals surface area contributed by atoms with E-state index in [0.29, 0.717) is 6.04 Å². The van der Waals surface area contributed by atoms with E-state index in [0.717, 1.165) is 12.3 Å². The highest BCUT2D eigenvalue weighted by atomic mass is 15.2. The van der Waals surface area contributed by atoms with E-state index in [1.165, 1.54) is 30.6 Å². The summed E-state index contributed by atoms with van der Waals surface area (Å²) in [4.78, 5) is 2.51. The van der Waals surface area contributed by atoms with Crippen molar-refractivity contribution in [1.82, 2.24) is 0 Å². The second-order valence-electron chi connectivity index (χ2n) is 5.80. The predicted molar refractivity (Wildman–Crippen MR) is 78.9 cm³/mol. The first-order valence-electron chi connectivity index (χ1n) is 7.24. The van der Waals surface area contributed by atoms with Crippen molar-refractivity contribution in [2.24, 2.45) is 11.7 Å². The van der Waals surface area contributed by atoms with Crippen LogP contribution >= 0.6 is 0 Å². The van der Waals surface area contributed by atoms with Crippen LogP contribution in [-0.2, 0) is 0 Å². The Morgan fingerprint density at radius 1 is 1.22 bits per heavy atom. The number of anilines is 1. The molecule has 2 N–H and O–H groups in total. The maximum absolute atomic E-state index is 6.06. The van der Waals surface area contributed by atoms with Crippen LogP contribution < -0.4 is 10.6 Å². The minimum atomic E-state index is 0.176. The van der Waals surface area contributed by atoms with Crippen LogP contribution in [0, 0.1) is 5.92 Å². The summed E-state index contributed by atoms with van der Waals surface area (Å²) in [5, 5.41) is 0. The molecule has 0 amide bonds. The van der Waals surface area contributed by atoms with Crippen LogP contribution in [0.15, 0.2) is 24.3 Å². The van der Waals surface area contributed by atoms with Gasteiger partial charge in [0, 0.05) is 24.3 Å². The second-order valence-corrected chi connectivity index (χ2v) is 5.80. The Kier molecular flexibility index (Phi) is 4.28. The van der Waals surface area contributed by atoms with Crippen molar-refractivity contribution >= 4 is 5.69 Å². The molecule has 0 bridgehead atoms. The van der Waals surface area contributed by atoms with Gasteiger partial charge in [-0.15, -0.1) is 0 Å². The van der Waals surface area contributed by atoms with E-state index < -0.39 is 0 Å². The van der Waals surface area contributed by atoms with Gasteiger partial charge in [-0.3, -0.25) is 0 Å². The highest BCUT2D eigenvalue weighted by molar-refractivity contribution is 5.49. The Hall–Kier alpha value is -1.02. The lowest BCUT2D eigenvalue weighted by molar-refractivity contribution is 0.644. The average Bonchev–Trinajstić information content (AvgIpc) is 3.19. The van der Waals surface area contributed by atoms with Crippen LogP contribution in [0.5, 0.6) is 0 Å². The first-order valence-corrected chi connectivity index (χ1v) is 7.24. The highest BCUT2D eigenvalue weighted by Crippen LogP contribution is 2.32. The molecule has 0 heterocycles. The number of rotatable bonds is 6. The molecule has 100 valence electrons. The smallest absolute Gasteiger partial charge is 0.0368 e. The summed E-state index contributed by atoms with van der Waals surface area (Å²) in [7, 11) is 0. The molecule has 0 spiro atoms. The van der Waals surface area contributed by atoms with Gasteiger partial charge in [-0.1, -0.05) is 19.1 Å². The molecule has 1 unspecified atom stereocenters. The maximum atomic E-state index is 6.06. The van der Waals surface area contributed by atoms with Gasteiger partial charge < -0.3 is 10.6 Å². The van der Waals surface area contributed by atoms with E-state index in [1.807, 2.05) is 0 Å². The molecule has 0 aliphatic heterocycles. The fourth-order valence-corrected chi connectivity index (χ4v) is 2.34. The van der Waals surface area contributed by atoms with Gasteiger partial charge in [0.05, 0.1) is 0 Å². The molecule has 2 nitrogen and oxygen atoms in total. The van der Waals surface area contributed by atoms with E-state index >= 15 is 0 Å². The molecule has 1 saturated carbocycles. The zero-order valence-electron chi connectivity index (χ0n) is 11.9. The Labute approximate surface area is 111 Å². The van der Waals surface area contributed by atoms with Gasteiger partial charge in [-0.25, -0.2) is 0 Å². The van der Waals surface area contributed by atoms with E-state index in [2.05, 4.69) is 49.9 Å². The Bertz CT molecular complexity index is 365. The largest absolute Gasteiger partial charge is 0.369 e. The third-order valence-electron chi connectivity index (χ3n) is 3.87. The van der Waals surface area contributed by atoms with Crippen molar-refractivity contribution in [3.05, 3.63) is 29.8 Å². The number of benzene rings is 1. The Balaban J connectivity index is 2.09. The molecule has 1 aliphatic carbocycles. The zero-order valence-corrected chi connectivity index (χ0v) is 11.9. The van der Waals surface area contributed by atoms with Crippen molar-refractivity contribution in [2.45, 2.75) is 52.1 Å². The summed E-state index contributed by atoms with van der Waals surface area (Å²) in [5.41, 5.74) is 8.64. The molecule has 1 fully saturated rings. The third kappa shape index (κ3) is 3.26. The van der Waals surface area contributed by atoms with Gasteiger partial charge in [0.2, 0.25) is 0 Å². The number of hydrogen-bond acceptors (Lipinski definition) is 2. The van der Waals surface area contributed by atoms with E-state index in [-0.39, 0.29) is 6.04 Å². The van der Waals surface area contributed by atoms with Gasteiger partial charge in [0.1, 0.15) is 0 Å². The first kappa shape index (κ1) is 13.4. The molecule has 2 heteroatoms. The molecular formula is C16H26N2. The van der Waals surface area contributed by atoms with Gasteiger partial charge in [-0.05, 0) is 56.7 Å². The number of hydrogen-bond donors (Lipinski definition) is 1. The first-order chi connectivity index (χ1) is 8.61.